The van der Waals surface area contributed by atoms with Gasteiger partial charge in [0.1, 0.15) is 5.75 Å². The molecular weight excluding hydrogens is 494 g/mol. The number of hydrogen-bond acceptors (Lipinski definition) is 6. The van der Waals surface area contributed by atoms with Crippen molar-refractivity contribution >= 4 is 5.91 Å². The van der Waals surface area contributed by atoms with E-state index in [2.05, 4.69) is 22.3 Å². The van der Waals surface area contributed by atoms with Crippen molar-refractivity contribution in [3.8, 4) is 5.75 Å². The van der Waals surface area contributed by atoms with Crippen molar-refractivity contribution in [2.24, 2.45) is 13.0 Å². The van der Waals surface area contributed by atoms with E-state index in [0.717, 1.165) is 68.4 Å². The highest BCUT2D eigenvalue weighted by atomic mass is 16.5. The summed E-state index contributed by atoms with van der Waals surface area (Å²) in [4.78, 5) is 28.7. The Kier molecular flexibility index (Phi) is 10.6. The molecule has 1 saturated carbocycles. The van der Waals surface area contributed by atoms with E-state index < -0.39 is 0 Å². The first-order valence-corrected chi connectivity index (χ1v) is 14.3. The molecule has 1 aliphatic heterocycles. The smallest absolute Gasteiger partial charge is 0.250 e. The fraction of sp³-hybridized carbons (Fsp3) is 0.613. The van der Waals surface area contributed by atoms with Crippen molar-refractivity contribution in [2.45, 2.75) is 63.5 Å². The molecule has 2 heterocycles. The molecule has 214 valence electrons. The lowest BCUT2D eigenvalue weighted by Crippen LogP contribution is -2.47. The van der Waals surface area contributed by atoms with Crippen LogP contribution >= 0.6 is 0 Å². The van der Waals surface area contributed by atoms with Crippen LogP contribution < -0.4 is 15.6 Å². The molecule has 1 aromatic carbocycles. The van der Waals surface area contributed by atoms with Crippen molar-refractivity contribution < 1.29 is 19.0 Å². The summed E-state index contributed by atoms with van der Waals surface area (Å²) in [5, 5.41) is 3.44. The minimum absolute atomic E-state index is 0.0285. The van der Waals surface area contributed by atoms with E-state index in [4.69, 9.17) is 14.2 Å². The number of pyridine rings is 1. The number of aromatic nitrogens is 1. The summed E-state index contributed by atoms with van der Waals surface area (Å²) in [6.45, 7) is 3.40. The van der Waals surface area contributed by atoms with Crippen molar-refractivity contribution in [2.75, 3.05) is 47.6 Å². The van der Waals surface area contributed by atoms with Gasteiger partial charge in [0.2, 0.25) is 5.91 Å². The fourth-order valence-corrected chi connectivity index (χ4v) is 5.84. The van der Waals surface area contributed by atoms with E-state index in [-0.39, 0.29) is 29.3 Å². The second kappa shape index (κ2) is 14.1. The second-order valence-electron chi connectivity index (χ2n) is 11.0. The first-order chi connectivity index (χ1) is 19.0. The molecule has 0 radical (unpaired) electrons. The van der Waals surface area contributed by atoms with Crippen LogP contribution in [0.3, 0.4) is 0 Å². The van der Waals surface area contributed by atoms with Crippen LogP contribution in [0.2, 0.25) is 0 Å². The number of aryl methyl sites for hydroxylation is 3. The number of ether oxygens (including phenoxy) is 3. The molecular formula is C31H45N3O5. The summed E-state index contributed by atoms with van der Waals surface area (Å²) < 4.78 is 18.1. The Balaban J connectivity index is 1.62. The van der Waals surface area contributed by atoms with Gasteiger partial charge in [0.25, 0.3) is 5.56 Å². The molecule has 39 heavy (non-hydrogen) atoms. The lowest BCUT2D eigenvalue weighted by atomic mass is 9.80. The molecule has 1 aliphatic carbocycles. The zero-order valence-corrected chi connectivity index (χ0v) is 24.0. The normalized spacial score (nSPS) is 19.2. The van der Waals surface area contributed by atoms with Gasteiger partial charge >= 0.3 is 0 Å². The number of nitrogens with one attached hydrogen (secondary N) is 1. The maximum absolute atomic E-state index is 14.2. The maximum atomic E-state index is 14.2. The highest BCUT2D eigenvalue weighted by molar-refractivity contribution is 5.81. The summed E-state index contributed by atoms with van der Waals surface area (Å²) >= 11 is 0. The highest BCUT2D eigenvalue weighted by Crippen LogP contribution is 2.37. The van der Waals surface area contributed by atoms with Gasteiger partial charge in [0.15, 0.2) is 0 Å². The third-order valence-electron chi connectivity index (χ3n) is 8.08. The van der Waals surface area contributed by atoms with Crippen LogP contribution in [0, 0.1) is 5.92 Å². The number of hydrogen-bond donors (Lipinski definition) is 1. The van der Waals surface area contributed by atoms with E-state index >= 15 is 0 Å². The first kappa shape index (κ1) is 29.3. The molecule has 2 atom stereocenters. The Labute approximate surface area is 232 Å². The number of carbonyl (C=O) groups is 1. The molecule has 1 saturated heterocycles. The molecule has 1 aromatic heterocycles. The Hall–Kier alpha value is -2.68. The third kappa shape index (κ3) is 7.50. The van der Waals surface area contributed by atoms with Crippen molar-refractivity contribution in [1.82, 2.24) is 14.8 Å². The molecule has 1 amide bonds. The molecule has 2 aromatic rings. The molecule has 0 unspecified atom stereocenters. The molecule has 0 bridgehead atoms. The Bertz CT molecular complexity index is 1160. The number of benzene rings is 1. The number of nitrogens with zero attached hydrogens (tertiary/aromatic N) is 2. The van der Waals surface area contributed by atoms with Gasteiger partial charge in [0, 0.05) is 71.4 Å². The van der Waals surface area contributed by atoms with Crippen LogP contribution in [0.25, 0.3) is 0 Å². The predicted molar refractivity (Wildman–Crippen MR) is 152 cm³/mol. The SMILES string of the molecule is COCCCc1cc(CCCOC)c(OC)c(CN(C(=O)[C@@H]2CNCC[C@H]2c2ccn(C)c(=O)c2)C2CC2)c1. The lowest BCUT2D eigenvalue weighted by molar-refractivity contribution is -0.138. The summed E-state index contributed by atoms with van der Waals surface area (Å²) in [6, 6.07) is 8.42. The highest BCUT2D eigenvalue weighted by Gasteiger charge is 2.40. The third-order valence-corrected chi connectivity index (χ3v) is 8.08. The van der Waals surface area contributed by atoms with Gasteiger partial charge in [-0.05, 0) is 80.2 Å². The minimum atomic E-state index is -0.205. The standard InChI is InChI=1S/C31H45N3O5/c1-33-14-12-23(19-29(33)35)27-11-13-32-20-28(27)31(36)34(26-9-10-26)21-25-18-22(7-5-15-37-2)17-24(30(25)39-4)8-6-16-38-3/h12,14,17-19,26-28,32H,5-11,13,15-16,20-21H2,1-4H3/t27-,28+/m0/s1. The largest absolute Gasteiger partial charge is 0.496 e. The zero-order valence-electron chi connectivity index (χ0n) is 24.0. The van der Waals surface area contributed by atoms with Crippen molar-refractivity contribution in [3.63, 3.8) is 0 Å². The molecule has 2 aliphatic rings. The predicted octanol–water partition coefficient (Wildman–Crippen LogP) is 3.44. The van der Waals surface area contributed by atoms with Crippen LogP contribution in [0.1, 0.15) is 60.3 Å². The molecule has 0 spiro atoms. The summed E-state index contributed by atoms with van der Waals surface area (Å²) in [7, 11) is 6.94. The van der Waals surface area contributed by atoms with Gasteiger partial charge in [-0.1, -0.05) is 12.1 Å². The topological polar surface area (TPSA) is 82.0 Å². The van der Waals surface area contributed by atoms with Gasteiger partial charge in [-0.2, -0.15) is 0 Å². The van der Waals surface area contributed by atoms with Crippen molar-refractivity contribution in [1.29, 1.82) is 0 Å². The monoisotopic (exact) mass is 539 g/mol. The molecule has 8 nitrogen and oxygen atoms in total. The van der Waals surface area contributed by atoms with E-state index in [9.17, 15) is 9.59 Å². The molecule has 4 rings (SSSR count). The van der Waals surface area contributed by atoms with E-state index in [1.54, 1.807) is 39.0 Å². The van der Waals surface area contributed by atoms with Gasteiger partial charge in [-0.15, -0.1) is 0 Å². The van der Waals surface area contributed by atoms with E-state index in [1.807, 2.05) is 12.3 Å². The number of rotatable bonds is 14. The molecule has 2 fully saturated rings. The quantitative estimate of drug-likeness (QED) is 0.371. The summed E-state index contributed by atoms with van der Waals surface area (Å²) in [5.41, 5.74) is 4.41. The number of piperidine rings is 1. The van der Waals surface area contributed by atoms with Gasteiger partial charge in [-0.3, -0.25) is 9.59 Å². The van der Waals surface area contributed by atoms with Crippen molar-refractivity contribution in [3.05, 3.63) is 63.1 Å². The van der Waals surface area contributed by atoms with Crippen LogP contribution in [-0.2, 0) is 40.7 Å². The lowest BCUT2D eigenvalue weighted by Gasteiger charge is -2.36. The molecule has 8 heteroatoms. The summed E-state index contributed by atoms with van der Waals surface area (Å²) in [5.74, 6) is 0.873. The Morgan fingerprint density at radius 3 is 2.41 bits per heavy atom. The molecule has 1 N–H and O–H groups in total. The van der Waals surface area contributed by atoms with Crippen LogP contribution in [0.4, 0.5) is 0 Å². The van der Waals surface area contributed by atoms with Gasteiger partial charge in [-0.25, -0.2) is 0 Å². The number of methoxy groups -OCH3 is 3. The Morgan fingerprint density at radius 2 is 1.74 bits per heavy atom. The first-order valence-electron chi connectivity index (χ1n) is 14.3. The fourth-order valence-electron chi connectivity index (χ4n) is 5.84. The number of amides is 1. The minimum Gasteiger partial charge on any atom is -0.496 e. The Morgan fingerprint density at radius 1 is 1.03 bits per heavy atom. The van der Waals surface area contributed by atoms with Crippen LogP contribution in [0.15, 0.2) is 35.3 Å². The van der Waals surface area contributed by atoms with Crippen LogP contribution in [-0.4, -0.2) is 69.0 Å². The zero-order chi connectivity index (χ0) is 27.8. The van der Waals surface area contributed by atoms with E-state index in [1.165, 1.54) is 11.1 Å². The van der Waals surface area contributed by atoms with Crippen LogP contribution in [0.5, 0.6) is 5.75 Å². The van der Waals surface area contributed by atoms with E-state index in [0.29, 0.717) is 26.3 Å². The maximum Gasteiger partial charge on any atom is 0.250 e. The van der Waals surface area contributed by atoms with Gasteiger partial charge < -0.3 is 29.0 Å². The second-order valence-corrected chi connectivity index (χ2v) is 11.0. The average Bonchev–Trinajstić information content (AvgIpc) is 3.78. The number of carbonyl (C=O) groups excluding carboxylic acids is 1. The average molecular weight is 540 g/mol. The van der Waals surface area contributed by atoms with Gasteiger partial charge in [0.05, 0.1) is 13.0 Å². The summed E-state index contributed by atoms with van der Waals surface area (Å²) in [6.07, 6.45) is 8.32.